The normalized spacial score (nSPS) is 15.9. The van der Waals surface area contributed by atoms with Crippen LogP contribution in [0.25, 0.3) is 17.0 Å². The number of piperazine rings is 1. The summed E-state index contributed by atoms with van der Waals surface area (Å²) in [7, 11) is 0. The molecule has 3 N–H and O–H groups in total. The number of carbonyl (C=O) groups excluding carboxylic acids is 3. The summed E-state index contributed by atoms with van der Waals surface area (Å²) in [4.78, 5) is 53.7. The molecule has 0 bridgehead atoms. The number of aromatic nitrogens is 3. The SMILES string of the molecule is CCCCC1C(=O)N(Cc2ccc3c(N)ncnc3c2)CCN1C(=O)/C=C/c1ccc(NC(C)=O)nc1. The number of nitrogens with zero attached hydrogens (tertiary/aromatic N) is 5. The number of pyridine rings is 1. The topological polar surface area (TPSA) is 134 Å². The van der Waals surface area contributed by atoms with E-state index < -0.39 is 6.04 Å². The summed E-state index contributed by atoms with van der Waals surface area (Å²) in [5.74, 6) is 0.404. The van der Waals surface area contributed by atoms with E-state index in [1.807, 2.05) is 23.1 Å². The van der Waals surface area contributed by atoms with Gasteiger partial charge in [-0.15, -0.1) is 0 Å². The third-order valence-electron chi connectivity index (χ3n) is 6.31. The van der Waals surface area contributed by atoms with E-state index in [0.29, 0.717) is 37.7 Å². The van der Waals surface area contributed by atoms with Crippen molar-refractivity contribution < 1.29 is 14.4 Å². The first-order valence-electron chi connectivity index (χ1n) is 12.4. The van der Waals surface area contributed by atoms with E-state index in [1.165, 1.54) is 19.3 Å². The predicted molar refractivity (Wildman–Crippen MR) is 142 cm³/mol. The number of benzene rings is 1. The third kappa shape index (κ3) is 6.27. The molecule has 10 nitrogen and oxygen atoms in total. The smallest absolute Gasteiger partial charge is 0.247 e. The molecule has 3 heterocycles. The van der Waals surface area contributed by atoms with Crippen LogP contribution in [0.4, 0.5) is 11.6 Å². The molecule has 1 atom stereocenters. The summed E-state index contributed by atoms with van der Waals surface area (Å²) >= 11 is 0. The van der Waals surface area contributed by atoms with Gasteiger partial charge in [-0.3, -0.25) is 14.4 Å². The van der Waals surface area contributed by atoms with Gasteiger partial charge in [0.1, 0.15) is 24.0 Å². The fourth-order valence-corrected chi connectivity index (χ4v) is 4.40. The molecular weight excluding hydrogens is 470 g/mol. The number of carbonyl (C=O) groups is 3. The molecule has 37 heavy (non-hydrogen) atoms. The first-order chi connectivity index (χ1) is 17.9. The summed E-state index contributed by atoms with van der Waals surface area (Å²) in [6.45, 7) is 4.81. The molecule has 2 aromatic heterocycles. The number of nitrogen functional groups attached to an aromatic ring is 1. The van der Waals surface area contributed by atoms with Gasteiger partial charge in [0.15, 0.2) is 0 Å². The lowest BCUT2D eigenvalue weighted by atomic mass is 10.0. The van der Waals surface area contributed by atoms with E-state index >= 15 is 0 Å². The first-order valence-corrected chi connectivity index (χ1v) is 12.4. The minimum Gasteiger partial charge on any atom is -0.383 e. The number of fused-ring (bicyclic) bond motifs is 1. The van der Waals surface area contributed by atoms with Gasteiger partial charge in [-0.2, -0.15) is 0 Å². The quantitative estimate of drug-likeness (QED) is 0.453. The number of anilines is 2. The molecule has 3 aromatic rings. The van der Waals surface area contributed by atoms with Crippen LogP contribution in [0.15, 0.2) is 48.9 Å². The molecule has 4 rings (SSSR count). The van der Waals surface area contributed by atoms with Crippen molar-refractivity contribution in [2.45, 2.75) is 45.7 Å². The molecule has 1 aliphatic heterocycles. The van der Waals surface area contributed by atoms with Crippen LogP contribution in [0.2, 0.25) is 0 Å². The van der Waals surface area contributed by atoms with E-state index in [-0.39, 0.29) is 17.7 Å². The van der Waals surface area contributed by atoms with Crippen LogP contribution in [0.5, 0.6) is 0 Å². The van der Waals surface area contributed by atoms with Gasteiger partial charge >= 0.3 is 0 Å². The van der Waals surface area contributed by atoms with Crippen molar-refractivity contribution in [1.82, 2.24) is 24.8 Å². The van der Waals surface area contributed by atoms with Crippen LogP contribution in [-0.2, 0) is 20.9 Å². The molecular formula is C27H31N7O3. The zero-order chi connectivity index (χ0) is 26.4. The van der Waals surface area contributed by atoms with Gasteiger partial charge in [0.05, 0.1) is 5.52 Å². The van der Waals surface area contributed by atoms with Gasteiger partial charge in [0, 0.05) is 44.2 Å². The minimum atomic E-state index is -0.510. The molecule has 10 heteroatoms. The lowest BCUT2D eigenvalue weighted by Crippen LogP contribution is -2.58. The maximum atomic E-state index is 13.5. The molecule has 3 amide bonds. The van der Waals surface area contributed by atoms with Crippen LogP contribution in [0, 0.1) is 0 Å². The maximum absolute atomic E-state index is 13.5. The van der Waals surface area contributed by atoms with Crippen LogP contribution in [-0.4, -0.2) is 61.6 Å². The van der Waals surface area contributed by atoms with Gasteiger partial charge in [0.25, 0.3) is 0 Å². The van der Waals surface area contributed by atoms with E-state index in [2.05, 4.69) is 27.2 Å². The Morgan fingerprint density at radius 1 is 1.16 bits per heavy atom. The largest absolute Gasteiger partial charge is 0.383 e. The Hall–Kier alpha value is -4.34. The van der Waals surface area contributed by atoms with E-state index in [4.69, 9.17) is 5.73 Å². The second-order valence-electron chi connectivity index (χ2n) is 9.05. The Kier molecular flexibility index (Phi) is 8.07. The van der Waals surface area contributed by atoms with Gasteiger partial charge in [-0.05, 0) is 47.9 Å². The second-order valence-corrected chi connectivity index (χ2v) is 9.05. The number of hydrogen-bond donors (Lipinski definition) is 2. The zero-order valence-electron chi connectivity index (χ0n) is 21.1. The summed E-state index contributed by atoms with van der Waals surface area (Å²) in [6.07, 6.45) is 8.54. The van der Waals surface area contributed by atoms with Gasteiger partial charge in [0.2, 0.25) is 17.7 Å². The molecule has 0 spiro atoms. The van der Waals surface area contributed by atoms with E-state index in [0.717, 1.165) is 34.9 Å². The van der Waals surface area contributed by atoms with E-state index in [1.54, 1.807) is 29.3 Å². The summed E-state index contributed by atoms with van der Waals surface area (Å²) in [5, 5.41) is 3.39. The molecule has 1 fully saturated rings. The molecule has 1 aromatic carbocycles. The number of amides is 3. The number of nitrogens with two attached hydrogens (primary N) is 1. The molecule has 0 aliphatic carbocycles. The highest BCUT2D eigenvalue weighted by Crippen LogP contribution is 2.23. The molecule has 0 radical (unpaired) electrons. The highest BCUT2D eigenvalue weighted by atomic mass is 16.2. The minimum absolute atomic E-state index is 0.0509. The summed E-state index contributed by atoms with van der Waals surface area (Å²) < 4.78 is 0. The average molecular weight is 502 g/mol. The van der Waals surface area contributed by atoms with Crippen molar-refractivity contribution in [3.8, 4) is 0 Å². The predicted octanol–water partition coefficient (Wildman–Crippen LogP) is 3.01. The Morgan fingerprint density at radius 2 is 2.00 bits per heavy atom. The highest BCUT2D eigenvalue weighted by Gasteiger charge is 2.36. The van der Waals surface area contributed by atoms with Crippen molar-refractivity contribution in [1.29, 1.82) is 0 Å². The van der Waals surface area contributed by atoms with Crippen molar-refractivity contribution in [2.24, 2.45) is 0 Å². The summed E-state index contributed by atoms with van der Waals surface area (Å²) in [5.41, 5.74) is 8.33. The molecule has 1 unspecified atom stereocenters. The third-order valence-corrected chi connectivity index (χ3v) is 6.31. The molecule has 192 valence electrons. The Labute approximate surface area is 215 Å². The van der Waals surface area contributed by atoms with Gasteiger partial charge in [-0.25, -0.2) is 15.0 Å². The fourth-order valence-electron chi connectivity index (χ4n) is 4.40. The van der Waals surface area contributed by atoms with Crippen LogP contribution < -0.4 is 11.1 Å². The number of unbranched alkanes of at least 4 members (excludes halogenated alkanes) is 1. The van der Waals surface area contributed by atoms with Crippen LogP contribution in [0.3, 0.4) is 0 Å². The van der Waals surface area contributed by atoms with Crippen LogP contribution in [0.1, 0.15) is 44.2 Å². The average Bonchev–Trinajstić information content (AvgIpc) is 2.88. The lowest BCUT2D eigenvalue weighted by Gasteiger charge is -2.40. The van der Waals surface area contributed by atoms with Crippen molar-refractivity contribution >= 4 is 46.3 Å². The Morgan fingerprint density at radius 3 is 2.73 bits per heavy atom. The summed E-state index contributed by atoms with van der Waals surface area (Å²) in [6, 6.07) is 8.66. The van der Waals surface area contributed by atoms with Gasteiger partial charge < -0.3 is 20.9 Å². The van der Waals surface area contributed by atoms with Crippen molar-refractivity contribution in [3.63, 3.8) is 0 Å². The highest BCUT2D eigenvalue weighted by molar-refractivity contribution is 5.96. The Balaban J connectivity index is 1.45. The first kappa shape index (κ1) is 25.7. The fraction of sp³-hybridized carbons (Fsp3) is 0.333. The molecule has 0 saturated carbocycles. The zero-order valence-corrected chi connectivity index (χ0v) is 21.1. The van der Waals surface area contributed by atoms with E-state index in [9.17, 15) is 14.4 Å². The van der Waals surface area contributed by atoms with Crippen molar-refractivity contribution in [2.75, 3.05) is 24.1 Å². The van der Waals surface area contributed by atoms with Gasteiger partial charge in [-0.1, -0.05) is 25.8 Å². The van der Waals surface area contributed by atoms with Crippen LogP contribution >= 0.6 is 0 Å². The second kappa shape index (κ2) is 11.6. The Bertz CT molecular complexity index is 1320. The number of rotatable bonds is 8. The number of nitrogens with one attached hydrogen (secondary N) is 1. The maximum Gasteiger partial charge on any atom is 0.247 e. The van der Waals surface area contributed by atoms with Crippen molar-refractivity contribution in [3.05, 3.63) is 60.1 Å². The standard InChI is InChI=1S/C27H31N7O3/c1-3-4-5-23-27(37)33(16-20-6-9-21-22(14-20)30-17-31-26(21)28)12-13-34(23)25(36)11-8-19-7-10-24(29-15-19)32-18(2)35/h6-11,14-15,17,23H,3-5,12-13,16H2,1-2H3,(H2,28,30,31)(H,29,32,35)/b11-8+. The lowest BCUT2D eigenvalue weighted by molar-refractivity contribution is -0.150. The molecule has 1 aliphatic rings. The molecule has 1 saturated heterocycles. The monoisotopic (exact) mass is 501 g/mol. The number of hydrogen-bond acceptors (Lipinski definition) is 7.